The van der Waals surface area contributed by atoms with E-state index in [9.17, 15) is 15.2 Å². The number of aliphatic hydroxyl groups excluding tert-OH is 1. The largest absolute Gasteiger partial charge is 0.502 e. The standard InChI is InChI=1S/C8H8N4O4/c9-11-10-6(4-13)5-1-2-7(12(15)16)8(14)3-5/h1-3,6,13-14H,4H2. The van der Waals surface area contributed by atoms with Gasteiger partial charge < -0.3 is 10.2 Å². The van der Waals surface area contributed by atoms with E-state index in [1.807, 2.05) is 0 Å². The zero-order chi connectivity index (χ0) is 12.1. The summed E-state index contributed by atoms with van der Waals surface area (Å²) in [5, 5.41) is 31.9. The summed E-state index contributed by atoms with van der Waals surface area (Å²) in [6.07, 6.45) is 0. The molecule has 84 valence electrons. The van der Waals surface area contributed by atoms with Crippen LogP contribution in [-0.4, -0.2) is 21.7 Å². The molecule has 1 atom stereocenters. The van der Waals surface area contributed by atoms with Crippen LogP contribution >= 0.6 is 0 Å². The first-order valence-corrected chi connectivity index (χ1v) is 4.22. The highest BCUT2D eigenvalue weighted by Crippen LogP contribution is 2.29. The number of hydrogen-bond donors (Lipinski definition) is 2. The predicted octanol–water partition coefficient (Wildman–Crippen LogP) is 1.64. The lowest BCUT2D eigenvalue weighted by atomic mass is 10.1. The number of hydrogen-bond acceptors (Lipinski definition) is 5. The van der Waals surface area contributed by atoms with Crippen molar-refractivity contribution in [2.24, 2.45) is 5.11 Å². The third-order valence-electron chi connectivity index (χ3n) is 1.94. The van der Waals surface area contributed by atoms with Gasteiger partial charge in [0.2, 0.25) is 0 Å². The van der Waals surface area contributed by atoms with Crippen molar-refractivity contribution in [3.63, 3.8) is 0 Å². The molecule has 2 N–H and O–H groups in total. The molecule has 0 aliphatic carbocycles. The molecule has 0 spiro atoms. The third-order valence-corrected chi connectivity index (χ3v) is 1.94. The van der Waals surface area contributed by atoms with Crippen LogP contribution in [0.4, 0.5) is 5.69 Å². The fourth-order valence-electron chi connectivity index (χ4n) is 1.17. The summed E-state index contributed by atoms with van der Waals surface area (Å²) in [5.41, 5.74) is 8.08. The summed E-state index contributed by atoms with van der Waals surface area (Å²) in [6, 6.07) is 2.62. The number of benzene rings is 1. The Morgan fingerprint density at radius 3 is 2.75 bits per heavy atom. The minimum Gasteiger partial charge on any atom is -0.502 e. The molecule has 0 radical (unpaired) electrons. The predicted molar refractivity (Wildman–Crippen MR) is 53.7 cm³/mol. The van der Waals surface area contributed by atoms with E-state index in [0.29, 0.717) is 5.56 Å². The molecule has 0 aliphatic rings. The minimum atomic E-state index is -0.864. The zero-order valence-corrected chi connectivity index (χ0v) is 8.02. The quantitative estimate of drug-likeness (QED) is 0.264. The van der Waals surface area contributed by atoms with Crippen molar-refractivity contribution in [3.8, 4) is 5.75 Å². The second-order valence-corrected chi connectivity index (χ2v) is 2.91. The molecule has 0 aliphatic heterocycles. The summed E-state index contributed by atoms with van der Waals surface area (Å²) in [7, 11) is 0. The van der Waals surface area contributed by atoms with Gasteiger partial charge in [0.15, 0.2) is 5.75 Å². The number of nitrogens with zero attached hydrogens (tertiary/aromatic N) is 4. The maximum Gasteiger partial charge on any atom is 0.310 e. The maximum absolute atomic E-state index is 10.4. The molecule has 1 rings (SSSR count). The molecule has 0 aromatic heterocycles. The molecule has 1 unspecified atom stereocenters. The molecule has 0 fully saturated rings. The van der Waals surface area contributed by atoms with Crippen molar-refractivity contribution in [2.75, 3.05) is 6.61 Å². The highest BCUT2D eigenvalue weighted by Gasteiger charge is 2.16. The normalized spacial score (nSPS) is 11.6. The van der Waals surface area contributed by atoms with E-state index in [2.05, 4.69) is 10.0 Å². The zero-order valence-electron chi connectivity index (χ0n) is 8.02. The van der Waals surface area contributed by atoms with Crippen LogP contribution in [0.5, 0.6) is 5.75 Å². The van der Waals surface area contributed by atoms with E-state index >= 15 is 0 Å². The molecule has 0 saturated heterocycles. The Balaban J connectivity index is 3.13. The van der Waals surface area contributed by atoms with Crippen molar-refractivity contribution < 1.29 is 15.1 Å². The summed E-state index contributed by atoms with van der Waals surface area (Å²) >= 11 is 0. The molecule has 1 aromatic rings. The molecule has 8 nitrogen and oxygen atoms in total. The lowest BCUT2D eigenvalue weighted by molar-refractivity contribution is -0.385. The van der Waals surface area contributed by atoms with Gasteiger partial charge in [0, 0.05) is 11.0 Å². The molecule has 0 amide bonds. The Hall–Kier alpha value is -2.31. The fraction of sp³-hybridized carbons (Fsp3) is 0.250. The Morgan fingerprint density at radius 1 is 1.62 bits per heavy atom. The topological polar surface area (TPSA) is 132 Å². The number of nitro groups is 1. The van der Waals surface area contributed by atoms with Gasteiger partial charge in [-0.15, -0.1) is 0 Å². The summed E-state index contributed by atoms with van der Waals surface area (Å²) in [5.74, 6) is -0.533. The number of phenolic OH excluding ortho intramolecular Hbond substituents is 1. The van der Waals surface area contributed by atoms with Gasteiger partial charge in [-0.25, -0.2) is 0 Å². The number of azide groups is 1. The number of rotatable bonds is 4. The molecule has 0 saturated carbocycles. The summed E-state index contributed by atoms with van der Waals surface area (Å²) in [4.78, 5) is 12.2. The van der Waals surface area contributed by atoms with Gasteiger partial charge in [-0.1, -0.05) is 11.2 Å². The van der Waals surface area contributed by atoms with Gasteiger partial charge in [-0.3, -0.25) is 10.1 Å². The van der Waals surface area contributed by atoms with Crippen LogP contribution in [0.3, 0.4) is 0 Å². The Bertz CT molecular complexity index is 455. The molecular formula is C8H8N4O4. The number of aromatic hydroxyl groups is 1. The average molecular weight is 224 g/mol. The van der Waals surface area contributed by atoms with Crippen molar-refractivity contribution in [1.82, 2.24) is 0 Å². The van der Waals surface area contributed by atoms with Gasteiger partial charge in [-0.05, 0) is 17.2 Å². The van der Waals surface area contributed by atoms with Crippen molar-refractivity contribution in [1.29, 1.82) is 0 Å². The molecule has 1 aromatic carbocycles. The van der Waals surface area contributed by atoms with Crippen LogP contribution in [-0.2, 0) is 0 Å². The highest BCUT2D eigenvalue weighted by atomic mass is 16.6. The molecule has 16 heavy (non-hydrogen) atoms. The van der Waals surface area contributed by atoms with Gasteiger partial charge >= 0.3 is 5.69 Å². The average Bonchev–Trinajstić information content (AvgIpc) is 2.25. The van der Waals surface area contributed by atoms with Crippen molar-refractivity contribution in [3.05, 3.63) is 44.3 Å². The van der Waals surface area contributed by atoms with Crippen molar-refractivity contribution in [2.45, 2.75) is 6.04 Å². The summed E-state index contributed by atoms with van der Waals surface area (Å²) < 4.78 is 0. The van der Waals surface area contributed by atoms with E-state index in [4.69, 9.17) is 10.6 Å². The molecule has 0 heterocycles. The Labute approximate surface area is 89.5 Å². The maximum atomic E-state index is 10.4. The van der Waals surface area contributed by atoms with Gasteiger partial charge in [-0.2, -0.15) is 0 Å². The van der Waals surface area contributed by atoms with E-state index in [-0.39, 0.29) is 0 Å². The monoisotopic (exact) mass is 224 g/mol. The van der Waals surface area contributed by atoms with Crippen LogP contribution in [0.1, 0.15) is 11.6 Å². The van der Waals surface area contributed by atoms with E-state index in [0.717, 1.165) is 12.1 Å². The Kier molecular flexibility index (Phi) is 3.65. The first-order chi connectivity index (χ1) is 7.60. The van der Waals surface area contributed by atoms with Gasteiger partial charge in [0.25, 0.3) is 0 Å². The Morgan fingerprint density at radius 2 is 2.31 bits per heavy atom. The van der Waals surface area contributed by atoms with Crippen LogP contribution < -0.4 is 0 Å². The van der Waals surface area contributed by atoms with Crippen LogP contribution in [0.15, 0.2) is 23.3 Å². The molecule has 8 heteroatoms. The van der Waals surface area contributed by atoms with Gasteiger partial charge in [0.05, 0.1) is 17.6 Å². The first-order valence-electron chi connectivity index (χ1n) is 4.22. The lowest BCUT2D eigenvalue weighted by Crippen LogP contribution is -2.00. The van der Waals surface area contributed by atoms with E-state index < -0.39 is 29.0 Å². The number of phenols is 1. The second kappa shape index (κ2) is 4.96. The first kappa shape index (κ1) is 11.8. The molecular weight excluding hydrogens is 216 g/mol. The smallest absolute Gasteiger partial charge is 0.310 e. The lowest BCUT2D eigenvalue weighted by Gasteiger charge is -2.07. The van der Waals surface area contributed by atoms with Crippen LogP contribution in [0.2, 0.25) is 0 Å². The number of aliphatic hydroxyl groups is 1. The van der Waals surface area contributed by atoms with E-state index in [1.54, 1.807) is 0 Å². The van der Waals surface area contributed by atoms with Crippen molar-refractivity contribution >= 4 is 5.69 Å². The van der Waals surface area contributed by atoms with Crippen LogP contribution in [0, 0.1) is 10.1 Å². The SMILES string of the molecule is [N-]=[N+]=NC(CO)c1ccc([N+](=O)[O-])c(O)c1. The third kappa shape index (κ3) is 2.38. The fourth-order valence-corrected chi connectivity index (χ4v) is 1.17. The summed E-state index contributed by atoms with van der Waals surface area (Å²) in [6.45, 7) is -0.443. The molecule has 0 bridgehead atoms. The van der Waals surface area contributed by atoms with Gasteiger partial charge in [0.1, 0.15) is 0 Å². The number of nitro benzene ring substituents is 1. The second-order valence-electron chi connectivity index (χ2n) is 2.91. The van der Waals surface area contributed by atoms with E-state index in [1.165, 1.54) is 6.07 Å². The highest BCUT2D eigenvalue weighted by molar-refractivity contribution is 5.48. The van der Waals surface area contributed by atoms with Crippen LogP contribution in [0.25, 0.3) is 10.4 Å². The minimum absolute atomic E-state index is 0.309.